The van der Waals surface area contributed by atoms with Crippen LogP contribution in [0.25, 0.3) is 0 Å². The van der Waals surface area contributed by atoms with Gasteiger partial charge in [0.15, 0.2) is 0 Å². The zero-order valence-corrected chi connectivity index (χ0v) is 10.3. The maximum Gasteiger partial charge on any atom is 0.0400 e. The van der Waals surface area contributed by atoms with E-state index in [2.05, 4.69) is 50.5 Å². The maximum atomic E-state index is 3.83. The second-order valence-corrected chi connectivity index (χ2v) is 4.09. The minimum Gasteiger partial charge on any atom is -0.381 e. The second kappa shape index (κ2) is 6.16. The van der Waals surface area contributed by atoms with E-state index in [9.17, 15) is 0 Å². The van der Waals surface area contributed by atoms with Gasteiger partial charge in [-0.25, -0.2) is 0 Å². The predicted molar refractivity (Wildman–Crippen MR) is 71.4 cm³/mol. The Morgan fingerprint density at radius 1 is 1.44 bits per heavy atom. The maximum absolute atomic E-state index is 3.83. The second-order valence-electron chi connectivity index (χ2n) is 4.09. The molecule has 1 nitrogen and oxygen atoms in total. The van der Waals surface area contributed by atoms with Crippen LogP contribution in [0.4, 0.5) is 0 Å². The molecule has 0 aliphatic rings. The van der Waals surface area contributed by atoms with E-state index in [-0.39, 0.29) is 0 Å². The lowest BCUT2D eigenvalue weighted by molar-refractivity contribution is 0.832. The SMILES string of the molecule is C=CC(=C)NCc1ccc(CCC)c(C)c1. The average Bonchev–Trinajstić information content (AvgIpc) is 2.29. The van der Waals surface area contributed by atoms with Crippen molar-refractivity contribution in [1.82, 2.24) is 5.32 Å². The van der Waals surface area contributed by atoms with Crippen molar-refractivity contribution < 1.29 is 0 Å². The van der Waals surface area contributed by atoms with Crippen LogP contribution in [0.15, 0.2) is 43.1 Å². The fourth-order valence-corrected chi connectivity index (χ4v) is 1.71. The fraction of sp³-hybridized carbons (Fsp3) is 0.333. The molecule has 0 aliphatic heterocycles. The number of aryl methyl sites for hydroxylation is 2. The van der Waals surface area contributed by atoms with Crippen LogP contribution in [0.3, 0.4) is 0 Å². The number of rotatable bonds is 6. The molecule has 1 aromatic carbocycles. The molecule has 0 spiro atoms. The van der Waals surface area contributed by atoms with Crippen LogP contribution in [-0.4, -0.2) is 0 Å². The minimum atomic E-state index is 0.818. The Balaban J connectivity index is 2.65. The molecule has 1 N–H and O–H groups in total. The van der Waals surface area contributed by atoms with Crippen molar-refractivity contribution in [1.29, 1.82) is 0 Å². The summed E-state index contributed by atoms with van der Waals surface area (Å²) in [6.45, 7) is 12.7. The van der Waals surface area contributed by atoms with E-state index in [0.29, 0.717) is 0 Å². The van der Waals surface area contributed by atoms with Crippen LogP contribution in [0.5, 0.6) is 0 Å². The van der Waals surface area contributed by atoms with Gasteiger partial charge in [0.1, 0.15) is 0 Å². The highest BCUT2D eigenvalue weighted by atomic mass is 14.9. The van der Waals surface area contributed by atoms with Gasteiger partial charge in [-0.3, -0.25) is 0 Å². The molecule has 0 radical (unpaired) electrons. The van der Waals surface area contributed by atoms with Crippen LogP contribution in [0.1, 0.15) is 30.0 Å². The topological polar surface area (TPSA) is 12.0 Å². The summed E-state index contributed by atoms with van der Waals surface area (Å²) in [5.74, 6) is 0. The lowest BCUT2D eigenvalue weighted by atomic mass is 10.0. The van der Waals surface area contributed by atoms with E-state index in [4.69, 9.17) is 0 Å². The van der Waals surface area contributed by atoms with Gasteiger partial charge < -0.3 is 5.32 Å². The molecule has 1 aromatic rings. The van der Waals surface area contributed by atoms with Crippen LogP contribution in [-0.2, 0) is 13.0 Å². The van der Waals surface area contributed by atoms with Gasteiger partial charge in [0.2, 0.25) is 0 Å². The van der Waals surface area contributed by atoms with Crippen molar-refractivity contribution in [3.63, 3.8) is 0 Å². The molecule has 0 heterocycles. The smallest absolute Gasteiger partial charge is 0.0400 e. The molecule has 0 unspecified atom stereocenters. The zero-order valence-electron chi connectivity index (χ0n) is 10.3. The van der Waals surface area contributed by atoms with Crippen LogP contribution in [0, 0.1) is 6.92 Å². The molecule has 0 aromatic heterocycles. The van der Waals surface area contributed by atoms with Gasteiger partial charge in [-0.1, -0.05) is 44.7 Å². The number of allylic oxidation sites excluding steroid dienone is 1. The quantitative estimate of drug-likeness (QED) is 0.713. The molecule has 0 amide bonds. The van der Waals surface area contributed by atoms with Gasteiger partial charge in [0, 0.05) is 12.2 Å². The summed E-state index contributed by atoms with van der Waals surface area (Å²) in [7, 11) is 0. The lowest BCUT2D eigenvalue weighted by Crippen LogP contribution is -2.10. The van der Waals surface area contributed by atoms with Crippen molar-refractivity contribution in [2.24, 2.45) is 0 Å². The molecule has 0 saturated heterocycles. The van der Waals surface area contributed by atoms with Crippen LogP contribution < -0.4 is 5.32 Å². The van der Waals surface area contributed by atoms with E-state index in [1.807, 2.05) is 0 Å². The van der Waals surface area contributed by atoms with Gasteiger partial charge >= 0.3 is 0 Å². The van der Waals surface area contributed by atoms with E-state index in [1.54, 1.807) is 6.08 Å². The van der Waals surface area contributed by atoms with Gasteiger partial charge in [-0.2, -0.15) is 0 Å². The highest BCUT2D eigenvalue weighted by molar-refractivity contribution is 5.31. The van der Waals surface area contributed by atoms with Crippen LogP contribution >= 0.6 is 0 Å². The molecule has 0 aliphatic carbocycles. The van der Waals surface area contributed by atoms with E-state index < -0.39 is 0 Å². The summed E-state index contributed by atoms with van der Waals surface area (Å²) in [6, 6.07) is 6.66. The van der Waals surface area contributed by atoms with Crippen LogP contribution in [0.2, 0.25) is 0 Å². The first-order chi connectivity index (χ1) is 7.67. The summed E-state index contributed by atoms with van der Waals surface area (Å²) in [4.78, 5) is 0. The van der Waals surface area contributed by atoms with Gasteiger partial charge in [-0.05, 0) is 36.1 Å². The highest BCUT2D eigenvalue weighted by Crippen LogP contribution is 2.13. The number of hydrogen-bond acceptors (Lipinski definition) is 1. The van der Waals surface area contributed by atoms with E-state index in [0.717, 1.165) is 12.2 Å². The summed E-state index contributed by atoms with van der Waals surface area (Å²) in [5.41, 5.74) is 5.00. The summed E-state index contributed by atoms with van der Waals surface area (Å²) < 4.78 is 0. The highest BCUT2D eigenvalue weighted by Gasteiger charge is 1.99. The van der Waals surface area contributed by atoms with Gasteiger partial charge in [-0.15, -0.1) is 0 Å². The molecular weight excluding hydrogens is 194 g/mol. The molecule has 16 heavy (non-hydrogen) atoms. The molecule has 86 valence electrons. The first kappa shape index (κ1) is 12.6. The molecule has 0 bridgehead atoms. The lowest BCUT2D eigenvalue weighted by Gasteiger charge is -2.09. The van der Waals surface area contributed by atoms with E-state index >= 15 is 0 Å². The monoisotopic (exact) mass is 215 g/mol. The van der Waals surface area contributed by atoms with Crippen molar-refractivity contribution in [3.05, 3.63) is 59.8 Å². The Bertz CT molecular complexity index is 377. The minimum absolute atomic E-state index is 0.818. The third-order valence-corrected chi connectivity index (χ3v) is 2.69. The first-order valence-corrected chi connectivity index (χ1v) is 5.81. The Kier molecular flexibility index (Phi) is 4.84. The van der Waals surface area contributed by atoms with Crippen molar-refractivity contribution in [2.45, 2.75) is 33.2 Å². The standard InChI is InChI=1S/C15H21N/c1-5-7-15-9-8-14(10-12(15)3)11-16-13(4)6-2/h6,8-10,16H,2,4-5,7,11H2,1,3H3. The van der Waals surface area contributed by atoms with Crippen molar-refractivity contribution >= 4 is 0 Å². The Morgan fingerprint density at radius 2 is 2.19 bits per heavy atom. The molecule has 0 saturated carbocycles. The summed E-state index contributed by atoms with van der Waals surface area (Å²) >= 11 is 0. The predicted octanol–water partition coefficient (Wildman–Crippen LogP) is 3.74. The largest absolute Gasteiger partial charge is 0.381 e. The summed E-state index contributed by atoms with van der Waals surface area (Å²) in [5, 5.41) is 3.21. The number of hydrogen-bond donors (Lipinski definition) is 1. The Morgan fingerprint density at radius 3 is 2.75 bits per heavy atom. The first-order valence-electron chi connectivity index (χ1n) is 5.81. The molecule has 1 rings (SSSR count). The zero-order chi connectivity index (χ0) is 12.0. The molecule has 1 heteroatoms. The number of nitrogens with one attached hydrogen (secondary N) is 1. The normalized spacial score (nSPS) is 9.88. The summed E-state index contributed by atoms with van der Waals surface area (Å²) in [6.07, 6.45) is 4.10. The van der Waals surface area contributed by atoms with E-state index in [1.165, 1.54) is 29.5 Å². The third kappa shape index (κ3) is 3.58. The fourth-order valence-electron chi connectivity index (χ4n) is 1.71. The van der Waals surface area contributed by atoms with Gasteiger partial charge in [0.05, 0.1) is 0 Å². The average molecular weight is 215 g/mol. The molecule has 0 atom stereocenters. The molecular formula is C15H21N. The van der Waals surface area contributed by atoms with Crippen molar-refractivity contribution in [3.8, 4) is 0 Å². The number of benzene rings is 1. The Hall–Kier alpha value is -1.50. The third-order valence-electron chi connectivity index (χ3n) is 2.69. The molecule has 0 fully saturated rings. The van der Waals surface area contributed by atoms with Gasteiger partial charge in [0.25, 0.3) is 0 Å². The van der Waals surface area contributed by atoms with Crippen molar-refractivity contribution in [2.75, 3.05) is 0 Å². The Labute approximate surface area is 98.9 Å².